The van der Waals surface area contributed by atoms with Gasteiger partial charge in [-0.2, -0.15) is 0 Å². The summed E-state index contributed by atoms with van der Waals surface area (Å²) in [5, 5.41) is 0. The summed E-state index contributed by atoms with van der Waals surface area (Å²) in [6.07, 6.45) is 0. The van der Waals surface area contributed by atoms with Crippen LogP contribution < -0.4 is 0 Å². The molecule has 0 aromatic carbocycles. The zero-order chi connectivity index (χ0) is 0. The predicted octanol–water partition coefficient (Wildman–Crippen LogP) is -2.53. The van der Waals surface area contributed by atoms with Crippen LogP contribution in [0.2, 0.25) is 0 Å². The van der Waals surface area contributed by atoms with Crippen molar-refractivity contribution in [3.05, 3.63) is 0 Å². The Kier molecular flexibility index (Phi) is 161. The van der Waals surface area contributed by atoms with E-state index in [9.17, 15) is 0 Å². The molecule has 0 rings (SSSR count). The fourth-order valence-corrected chi connectivity index (χ4v) is 0. The molecular formula is H8AlMgSiTi. The molecule has 0 saturated heterocycles. The zero-order valence-corrected chi connectivity index (χ0v) is 7.18. The summed E-state index contributed by atoms with van der Waals surface area (Å²) in [5.74, 6) is 0. The van der Waals surface area contributed by atoms with Crippen molar-refractivity contribution < 1.29 is 24.6 Å². The van der Waals surface area contributed by atoms with E-state index >= 15 is 0 Å². The first-order chi connectivity index (χ1) is 0. The Balaban J connectivity index is 0. The van der Waals surface area contributed by atoms with Crippen molar-refractivity contribution in [3.8, 4) is 0 Å². The van der Waals surface area contributed by atoms with E-state index in [1.165, 1.54) is 0 Å². The molecule has 4 heteroatoms. The number of hydrogen-bond donors (Lipinski definition) is 0. The third-order valence-corrected chi connectivity index (χ3v) is 0. The van der Waals surface area contributed by atoms with Crippen LogP contribution in [0.4, 0.5) is 0 Å². The van der Waals surface area contributed by atoms with E-state index in [0.717, 1.165) is 0 Å². The molecule has 0 bridgehead atoms. The molecule has 0 nitrogen and oxygen atoms in total. The minimum absolute atomic E-state index is 0. The Hall–Kier alpha value is 2.23. The molecule has 0 aliphatic carbocycles. The Morgan fingerprint density at radius 2 is 1.25 bits per heavy atom. The first-order valence-corrected chi connectivity index (χ1v) is 0. The van der Waals surface area contributed by atoms with E-state index in [1.807, 2.05) is 0 Å². The van der Waals surface area contributed by atoms with E-state index in [-0.39, 0.29) is 76.0 Å². The normalized spacial score (nSPS) is 0. The van der Waals surface area contributed by atoms with Crippen molar-refractivity contribution >= 4 is 51.4 Å². The van der Waals surface area contributed by atoms with Gasteiger partial charge in [-0.05, 0) is 11.0 Å². The average Bonchev–Trinajstić information content (AvgIpc) is 0. The van der Waals surface area contributed by atoms with Crippen molar-refractivity contribution in [2.45, 2.75) is 0 Å². The second kappa shape index (κ2) is 18.8. The minimum atomic E-state index is 0. The van der Waals surface area contributed by atoms with E-state index in [0.29, 0.717) is 0 Å². The largest absolute Gasteiger partial charge is 2.00 e. The summed E-state index contributed by atoms with van der Waals surface area (Å²) in [6, 6.07) is 0. The topological polar surface area (TPSA) is 0 Å². The molecule has 0 aliphatic rings. The summed E-state index contributed by atoms with van der Waals surface area (Å²) in [5.41, 5.74) is 0. The van der Waals surface area contributed by atoms with Crippen LogP contribution in [0.3, 0.4) is 0 Å². The molecule has 0 aromatic rings. The van der Waals surface area contributed by atoms with Crippen LogP contribution >= 0.6 is 0 Å². The van der Waals surface area contributed by atoms with Gasteiger partial charge in [-0.15, -0.1) is 0 Å². The van der Waals surface area contributed by atoms with Gasteiger partial charge in [0.05, 0.1) is 0 Å². The van der Waals surface area contributed by atoms with Crippen LogP contribution in [0, 0.1) is 0 Å². The molecule has 21 valence electrons. The Labute approximate surface area is 75.3 Å². The quantitative estimate of drug-likeness (QED) is 0.322. The van der Waals surface area contributed by atoms with Gasteiger partial charge in [0.15, 0.2) is 17.4 Å². The molecule has 0 heterocycles. The van der Waals surface area contributed by atoms with Crippen LogP contribution in [-0.4, -0.2) is 51.4 Å². The molecule has 0 aromatic heterocycles. The molecule has 0 N–H and O–H groups in total. The first kappa shape index (κ1) is 34.3. The van der Waals surface area contributed by atoms with Gasteiger partial charge in [-0.25, -0.2) is 0 Å². The molecule has 0 aliphatic heterocycles. The predicted molar refractivity (Wildman–Crippen MR) is 27.9 cm³/mol. The first-order valence-electron chi connectivity index (χ1n) is 0. The van der Waals surface area contributed by atoms with Gasteiger partial charge >= 0.3 is 23.1 Å². The maximum Gasteiger partial charge on any atom is 2.00 e. The summed E-state index contributed by atoms with van der Waals surface area (Å²) >= 11 is 0. The third kappa shape index (κ3) is 8.87. The average molecular weight is 135 g/mol. The van der Waals surface area contributed by atoms with Gasteiger partial charge in [-0.1, -0.05) is 0 Å². The fraction of sp³-hybridized carbons (Fsp3) is 0. The maximum atomic E-state index is 0. The van der Waals surface area contributed by atoms with Crippen molar-refractivity contribution in [2.24, 2.45) is 0 Å². The minimum Gasteiger partial charge on any atom is -1.00 e. The molecule has 0 fully saturated rings. The van der Waals surface area contributed by atoms with E-state index in [4.69, 9.17) is 0 Å². The fourth-order valence-electron chi connectivity index (χ4n) is 0. The van der Waals surface area contributed by atoms with E-state index in [1.54, 1.807) is 0 Å². The molecule has 0 spiro atoms. The molecule has 0 atom stereocenters. The molecule has 4 heavy (non-hydrogen) atoms. The number of hydrogen-bond acceptors (Lipinski definition) is 0. The Morgan fingerprint density at radius 3 is 1.25 bits per heavy atom. The van der Waals surface area contributed by atoms with E-state index in [2.05, 4.69) is 0 Å². The third-order valence-electron chi connectivity index (χ3n) is 0. The molecule has 1 radical (unpaired) electrons. The molecule has 0 amide bonds. The van der Waals surface area contributed by atoms with Gasteiger partial charge in [0, 0.05) is 21.7 Å². The van der Waals surface area contributed by atoms with Gasteiger partial charge in [0.25, 0.3) is 0 Å². The summed E-state index contributed by atoms with van der Waals surface area (Å²) in [6.45, 7) is 0. The zero-order valence-electron chi connectivity index (χ0n) is 4.21. The van der Waals surface area contributed by atoms with Gasteiger partial charge in [-0.3, -0.25) is 0 Å². The van der Waals surface area contributed by atoms with Crippen molar-refractivity contribution in [1.82, 2.24) is 0 Å². The van der Waals surface area contributed by atoms with Crippen molar-refractivity contribution in [2.75, 3.05) is 0 Å². The van der Waals surface area contributed by atoms with Crippen LogP contribution in [-0.2, 0) is 21.7 Å². The Morgan fingerprint density at radius 1 is 1.25 bits per heavy atom. The molecule has 0 unspecified atom stereocenters. The van der Waals surface area contributed by atoms with Gasteiger partial charge in [0.2, 0.25) is 0 Å². The van der Waals surface area contributed by atoms with Crippen LogP contribution in [0.5, 0.6) is 0 Å². The monoisotopic (exact) mass is 135 g/mol. The summed E-state index contributed by atoms with van der Waals surface area (Å²) < 4.78 is 0. The smallest absolute Gasteiger partial charge is 1.00 e. The standard InChI is InChI=1S/Al.Mg.H3Si.Ti.5H/h;;1H3;;;;;;/q;+2;;;;;;2*-1. The molecular weight excluding hydrogens is 127 g/mol. The van der Waals surface area contributed by atoms with Gasteiger partial charge < -0.3 is 2.85 Å². The Bertz CT molecular complexity index is 13.5. The van der Waals surface area contributed by atoms with E-state index < -0.39 is 0 Å². The second-order valence-electron chi connectivity index (χ2n) is 0. The summed E-state index contributed by atoms with van der Waals surface area (Å²) in [7, 11) is 0. The van der Waals surface area contributed by atoms with Crippen LogP contribution in [0.25, 0.3) is 0 Å². The number of rotatable bonds is 0. The van der Waals surface area contributed by atoms with Gasteiger partial charge in [0.1, 0.15) is 0 Å². The second-order valence-corrected chi connectivity index (χ2v) is 0. The van der Waals surface area contributed by atoms with Crippen LogP contribution in [0.1, 0.15) is 2.85 Å². The van der Waals surface area contributed by atoms with Crippen molar-refractivity contribution in [1.29, 1.82) is 0 Å². The summed E-state index contributed by atoms with van der Waals surface area (Å²) in [4.78, 5) is 0. The maximum absolute atomic E-state index is 0. The van der Waals surface area contributed by atoms with Crippen molar-refractivity contribution in [3.63, 3.8) is 0 Å². The van der Waals surface area contributed by atoms with Crippen LogP contribution in [0.15, 0.2) is 0 Å². The SMILES string of the molecule is [AlH3].[H-].[H-].[Mg+2].[SiH3].[Ti]. The molecule has 0 saturated carbocycles.